The van der Waals surface area contributed by atoms with Crippen LogP contribution in [0.3, 0.4) is 0 Å². The lowest BCUT2D eigenvalue weighted by Crippen LogP contribution is -2.40. The van der Waals surface area contributed by atoms with E-state index in [2.05, 4.69) is 35.0 Å². The third kappa shape index (κ3) is 8.72. The number of nitrogens with zero attached hydrogens (tertiary/aromatic N) is 2. The summed E-state index contributed by atoms with van der Waals surface area (Å²) in [4.78, 5) is 4.88. The average Bonchev–Trinajstić information content (AvgIpc) is 2.80. The van der Waals surface area contributed by atoms with Crippen LogP contribution in [0, 0.1) is 5.92 Å². The van der Waals surface area contributed by atoms with E-state index in [1.54, 1.807) is 7.11 Å². The van der Waals surface area contributed by atoms with Gasteiger partial charge < -0.3 is 19.5 Å². The van der Waals surface area contributed by atoms with Gasteiger partial charge in [-0.3, -0.25) is 4.90 Å². The molecule has 5 nitrogen and oxygen atoms in total. The van der Waals surface area contributed by atoms with Gasteiger partial charge >= 0.3 is 0 Å². The summed E-state index contributed by atoms with van der Waals surface area (Å²) < 4.78 is 11.1. The molecule has 0 spiro atoms. The molecule has 1 saturated heterocycles. The normalized spacial score (nSPS) is 20.3. The molecule has 0 amide bonds. The maximum atomic E-state index is 10.5. The van der Waals surface area contributed by atoms with Crippen molar-refractivity contribution in [1.29, 1.82) is 0 Å². The van der Waals surface area contributed by atoms with Gasteiger partial charge in [0.15, 0.2) is 0 Å². The van der Waals surface area contributed by atoms with Gasteiger partial charge in [-0.25, -0.2) is 0 Å². The lowest BCUT2D eigenvalue weighted by atomic mass is 9.92. The van der Waals surface area contributed by atoms with Crippen molar-refractivity contribution in [2.24, 2.45) is 5.92 Å². The van der Waals surface area contributed by atoms with Crippen molar-refractivity contribution in [3.8, 4) is 5.75 Å². The molecule has 31 heavy (non-hydrogen) atoms. The number of ether oxygens (including phenoxy) is 2. The summed E-state index contributed by atoms with van der Waals surface area (Å²) in [5.41, 5.74) is 1.30. The summed E-state index contributed by atoms with van der Waals surface area (Å²) in [5.74, 6) is 1.72. The van der Waals surface area contributed by atoms with Crippen molar-refractivity contribution in [3.63, 3.8) is 0 Å². The topological polar surface area (TPSA) is 45.2 Å². The first kappa shape index (κ1) is 24.5. The number of hydrogen-bond acceptors (Lipinski definition) is 5. The first-order valence-corrected chi connectivity index (χ1v) is 12.5. The van der Waals surface area contributed by atoms with Gasteiger partial charge in [0.05, 0.1) is 0 Å². The fourth-order valence-corrected chi connectivity index (χ4v) is 5.19. The summed E-state index contributed by atoms with van der Waals surface area (Å²) in [6.07, 6.45) is 11.1. The molecule has 0 aromatic heterocycles. The molecule has 1 unspecified atom stereocenters. The molecule has 1 atom stereocenters. The Labute approximate surface area is 189 Å². The molecule has 2 aliphatic rings. The number of piperidine rings is 1. The molecule has 3 rings (SSSR count). The first-order chi connectivity index (χ1) is 15.1. The third-order valence-electron chi connectivity index (χ3n) is 7.11. The SMILES string of the molecule is COCCCC1CCN(Cc2cccc(OCC(O)CN(C)C3CCCCC3)c2)CC1. The molecule has 1 aliphatic heterocycles. The summed E-state index contributed by atoms with van der Waals surface area (Å²) in [7, 11) is 3.93. The van der Waals surface area contributed by atoms with Gasteiger partial charge in [-0.15, -0.1) is 0 Å². The van der Waals surface area contributed by atoms with E-state index < -0.39 is 6.10 Å². The number of aliphatic hydroxyl groups excluding tert-OH is 1. The summed E-state index contributed by atoms with van der Waals surface area (Å²) in [6, 6.07) is 9.02. The van der Waals surface area contributed by atoms with Crippen LogP contribution in [0.25, 0.3) is 0 Å². The Bertz CT molecular complexity index is 612. The van der Waals surface area contributed by atoms with E-state index in [4.69, 9.17) is 9.47 Å². The van der Waals surface area contributed by atoms with Gasteiger partial charge in [-0.05, 0) is 82.3 Å². The predicted octanol–water partition coefficient (Wildman–Crippen LogP) is 4.33. The average molecular weight is 433 g/mol. The van der Waals surface area contributed by atoms with Crippen LogP contribution >= 0.6 is 0 Å². The van der Waals surface area contributed by atoms with Gasteiger partial charge in [0.2, 0.25) is 0 Å². The number of benzene rings is 1. The monoisotopic (exact) mass is 432 g/mol. The highest BCUT2D eigenvalue weighted by atomic mass is 16.5. The molecule has 1 heterocycles. The summed E-state index contributed by atoms with van der Waals surface area (Å²) in [6.45, 7) is 5.26. The number of hydrogen-bond donors (Lipinski definition) is 1. The molecule has 1 aromatic rings. The van der Waals surface area contributed by atoms with E-state index in [1.807, 2.05) is 6.07 Å². The van der Waals surface area contributed by atoms with Gasteiger partial charge in [-0.1, -0.05) is 31.4 Å². The Balaban J connectivity index is 1.37. The van der Waals surface area contributed by atoms with Crippen LogP contribution in [0.1, 0.15) is 63.4 Å². The minimum atomic E-state index is -0.451. The zero-order valence-corrected chi connectivity index (χ0v) is 19.8. The highest BCUT2D eigenvalue weighted by molar-refractivity contribution is 5.28. The molecule has 0 radical (unpaired) electrons. The lowest BCUT2D eigenvalue weighted by molar-refractivity contribution is 0.0561. The Morgan fingerprint density at radius 2 is 1.90 bits per heavy atom. The Hall–Kier alpha value is -1.14. The van der Waals surface area contributed by atoms with Crippen LogP contribution in [0.2, 0.25) is 0 Å². The molecule has 1 aliphatic carbocycles. The van der Waals surface area contributed by atoms with E-state index in [1.165, 1.54) is 76.4 Å². The standard InChI is InChI=1S/C26H44N2O3/c1-27(24-10-4-3-5-11-24)20-25(29)21-31-26-12-6-8-23(18-26)19-28-15-13-22(14-16-28)9-7-17-30-2/h6,8,12,18,22,24-25,29H,3-5,7,9-11,13-17,19-21H2,1-2H3. The molecule has 5 heteroatoms. The number of methoxy groups -OCH3 is 1. The van der Waals surface area contributed by atoms with Crippen LogP contribution in [-0.2, 0) is 11.3 Å². The second kappa shape index (κ2) is 13.4. The van der Waals surface area contributed by atoms with E-state index in [0.717, 1.165) is 24.8 Å². The molecule has 1 saturated carbocycles. The maximum absolute atomic E-state index is 10.5. The molecular formula is C26H44N2O3. The zero-order chi connectivity index (χ0) is 21.9. The minimum absolute atomic E-state index is 0.355. The van der Waals surface area contributed by atoms with Crippen LogP contribution in [-0.4, -0.2) is 74.1 Å². The quantitative estimate of drug-likeness (QED) is 0.498. The second-order valence-electron chi connectivity index (χ2n) is 9.70. The zero-order valence-electron chi connectivity index (χ0n) is 19.8. The fraction of sp³-hybridized carbons (Fsp3) is 0.769. The molecule has 2 fully saturated rings. The van der Waals surface area contributed by atoms with Gasteiger partial charge in [0, 0.05) is 32.8 Å². The fourth-order valence-electron chi connectivity index (χ4n) is 5.19. The van der Waals surface area contributed by atoms with E-state index >= 15 is 0 Å². The largest absolute Gasteiger partial charge is 0.491 e. The maximum Gasteiger partial charge on any atom is 0.119 e. The summed E-state index contributed by atoms with van der Waals surface area (Å²) in [5, 5.41) is 10.5. The van der Waals surface area contributed by atoms with Crippen molar-refractivity contribution < 1.29 is 14.6 Å². The molecule has 1 N–H and O–H groups in total. The van der Waals surface area contributed by atoms with Gasteiger partial charge in [-0.2, -0.15) is 0 Å². The van der Waals surface area contributed by atoms with Crippen molar-refractivity contribution in [2.45, 2.75) is 76.5 Å². The highest BCUT2D eigenvalue weighted by Crippen LogP contribution is 2.24. The van der Waals surface area contributed by atoms with E-state index in [-0.39, 0.29) is 0 Å². The second-order valence-corrected chi connectivity index (χ2v) is 9.70. The lowest BCUT2D eigenvalue weighted by Gasteiger charge is -2.32. The molecule has 176 valence electrons. The van der Waals surface area contributed by atoms with E-state index in [0.29, 0.717) is 19.2 Å². The van der Waals surface area contributed by atoms with Crippen LogP contribution in [0.4, 0.5) is 0 Å². The Morgan fingerprint density at radius 3 is 2.65 bits per heavy atom. The van der Waals surface area contributed by atoms with Crippen LogP contribution in [0.5, 0.6) is 5.75 Å². The van der Waals surface area contributed by atoms with Crippen LogP contribution < -0.4 is 4.74 Å². The van der Waals surface area contributed by atoms with Crippen molar-refractivity contribution in [2.75, 3.05) is 47.0 Å². The first-order valence-electron chi connectivity index (χ1n) is 12.5. The van der Waals surface area contributed by atoms with E-state index in [9.17, 15) is 5.11 Å². The van der Waals surface area contributed by atoms with Gasteiger partial charge in [0.25, 0.3) is 0 Å². The third-order valence-corrected chi connectivity index (χ3v) is 7.11. The number of likely N-dealkylation sites (N-methyl/N-ethyl adjacent to an activating group) is 1. The molecule has 1 aromatic carbocycles. The minimum Gasteiger partial charge on any atom is -0.491 e. The smallest absolute Gasteiger partial charge is 0.119 e. The van der Waals surface area contributed by atoms with Crippen LogP contribution in [0.15, 0.2) is 24.3 Å². The number of likely N-dealkylation sites (tertiary alicyclic amines) is 1. The molecule has 0 bridgehead atoms. The van der Waals surface area contributed by atoms with Gasteiger partial charge in [0.1, 0.15) is 18.5 Å². The van der Waals surface area contributed by atoms with Crippen molar-refractivity contribution in [1.82, 2.24) is 9.80 Å². The molecular weight excluding hydrogens is 388 g/mol. The Morgan fingerprint density at radius 1 is 1.13 bits per heavy atom. The predicted molar refractivity (Wildman–Crippen MR) is 127 cm³/mol. The highest BCUT2D eigenvalue weighted by Gasteiger charge is 2.21. The number of rotatable bonds is 12. The van der Waals surface area contributed by atoms with Crippen molar-refractivity contribution in [3.05, 3.63) is 29.8 Å². The Kier molecular flexibility index (Phi) is 10.6. The summed E-state index contributed by atoms with van der Waals surface area (Å²) >= 11 is 0. The van der Waals surface area contributed by atoms with Crippen molar-refractivity contribution >= 4 is 0 Å². The number of aliphatic hydroxyl groups is 1.